The number of likely N-dealkylation sites (N-methyl/N-ethyl adjacent to an activating group) is 1. The molecule has 0 saturated carbocycles. The summed E-state index contributed by atoms with van der Waals surface area (Å²) in [6.45, 7) is 3.43. The average molecular weight is 154 g/mol. The molecule has 1 atom stereocenters. The fourth-order valence-corrected chi connectivity index (χ4v) is 1.41. The summed E-state index contributed by atoms with van der Waals surface area (Å²) in [6, 6.07) is 0. The van der Waals surface area contributed by atoms with Crippen LogP contribution >= 0.6 is 0 Å². The summed E-state index contributed by atoms with van der Waals surface area (Å²) in [4.78, 5) is 0. The molecule has 0 bridgehead atoms. The molecule has 1 unspecified atom stereocenters. The Hall–Kier alpha value is -0.340. The molecule has 2 nitrogen and oxygen atoms in total. The quantitative estimate of drug-likeness (QED) is 0.584. The summed E-state index contributed by atoms with van der Waals surface area (Å²) in [5.74, 6) is 0.892. The lowest BCUT2D eigenvalue weighted by Gasteiger charge is -2.01. The zero-order chi connectivity index (χ0) is 7.94. The molecule has 1 heterocycles. The van der Waals surface area contributed by atoms with Crippen LogP contribution in [0, 0.1) is 5.92 Å². The second-order valence-electron chi connectivity index (χ2n) is 3.12. The SMILES string of the molecule is CNC/C=C\CC1CCNC1. The lowest BCUT2D eigenvalue weighted by Crippen LogP contribution is -2.08. The van der Waals surface area contributed by atoms with Gasteiger partial charge in [-0.2, -0.15) is 0 Å². The van der Waals surface area contributed by atoms with Crippen molar-refractivity contribution in [2.24, 2.45) is 5.92 Å². The van der Waals surface area contributed by atoms with Gasteiger partial charge in [-0.15, -0.1) is 0 Å². The number of hydrogen-bond donors (Lipinski definition) is 2. The zero-order valence-corrected chi connectivity index (χ0v) is 7.27. The summed E-state index contributed by atoms with van der Waals surface area (Å²) in [7, 11) is 1.97. The van der Waals surface area contributed by atoms with Crippen molar-refractivity contribution in [1.29, 1.82) is 0 Å². The van der Waals surface area contributed by atoms with Crippen LogP contribution in [0.25, 0.3) is 0 Å². The molecule has 64 valence electrons. The van der Waals surface area contributed by atoms with Gasteiger partial charge in [-0.1, -0.05) is 12.2 Å². The molecule has 0 aromatic carbocycles. The number of hydrogen-bond acceptors (Lipinski definition) is 2. The minimum atomic E-state index is 0.892. The van der Waals surface area contributed by atoms with Gasteiger partial charge >= 0.3 is 0 Å². The molecule has 1 rings (SSSR count). The minimum Gasteiger partial charge on any atom is -0.316 e. The van der Waals surface area contributed by atoms with Crippen molar-refractivity contribution in [2.45, 2.75) is 12.8 Å². The summed E-state index contributed by atoms with van der Waals surface area (Å²) >= 11 is 0. The molecule has 1 aliphatic rings. The number of nitrogens with one attached hydrogen (secondary N) is 2. The first kappa shape index (κ1) is 8.75. The predicted octanol–water partition coefficient (Wildman–Crippen LogP) is 0.762. The van der Waals surface area contributed by atoms with Crippen LogP contribution in [0.4, 0.5) is 0 Å². The smallest absolute Gasteiger partial charge is 0.0131 e. The van der Waals surface area contributed by atoms with Crippen molar-refractivity contribution in [3.05, 3.63) is 12.2 Å². The van der Waals surface area contributed by atoms with Crippen LogP contribution in [0.15, 0.2) is 12.2 Å². The van der Waals surface area contributed by atoms with Crippen LogP contribution in [0.3, 0.4) is 0 Å². The lowest BCUT2D eigenvalue weighted by molar-refractivity contribution is 0.592. The van der Waals surface area contributed by atoms with E-state index in [2.05, 4.69) is 22.8 Å². The van der Waals surface area contributed by atoms with Crippen LogP contribution in [-0.2, 0) is 0 Å². The van der Waals surface area contributed by atoms with Crippen molar-refractivity contribution in [3.8, 4) is 0 Å². The van der Waals surface area contributed by atoms with Crippen molar-refractivity contribution >= 4 is 0 Å². The second kappa shape index (κ2) is 5.33. The third-order valence-corrected chi connectivity index (χ3v) is 2.12. The Morgan fingerprint density at radius 2 is 2.45 bits per heavy atom. The molecular formula is C9H18N2. The minimum absolute atomic E-state index is 0.892. The summed E-state index contributed by atoms with van der Waals surface area (Å²) < 4.78 is 0. The van der Waals surface area contributed by atoms with Gasteiger partial charge in [-0.25, -0.2) is 0 Å². The maximum Gasteiger partial charge on any atom is 0.0131 e. The fraction of sp³-hybridized carbons (Fsp3) is 0.778. The molecule has 2 N–H and O–H groups in total. The van der Waals surface area contributed by atoms with Crippen molar-refractivity contribution < 1.29 is 0 Å². The maximum absolute atomic E-state index is 3.36. The van der Waals surface area contributed by atoms with Gasteiger partial charge in [0.1, 0.15) is 0 Å². The van der Waals surface area contributed by atoms with E-state index in [0.29, 0.717) is 0 Å². The fourth-order valence-electron chi connectivity index (χ4n) is 1.41. The van der Waals surface area contributed by atoms with E-state index in [1.165, 1.54) is 25.9 Å². The van der Waals surface area contributed by atoms with Crippen molar-refractivity contribution in [1.82, 2.24) is 10.6 Å². The van der Waals surface area contributed by atoms with Crippen LogP contribution in [0.2, 0.25) is 0 Å². The van der Waals surface area contributed by atoms with E-state index in [-0.39, 0.29) is 0 Å². The lowest BCUT2D eigenvalue weighted by atomic mass is 10.1. The van der Waals surface area contributed by atoms with E-state index in [1.54, 1.807) is 0 Å². The molecule has 0 spiro atoms. The van der Waals surface area contributed by atoms with Gasteiger partial charge in [0.05, 0.1) is 0 Å². The van der Waals surface area contributed by atoms with E-state index in [4.69, 9.17) is 0 Å². The largest absolute Gasteiger partial charge is 0.316 e. The van der Waals surface area contributed by atoms with Crippen molar-refractivity contribution in [2.75, 3.05) is 26.7 Å². The summed E-state index contributed by atoms with van der Waals surface area (Å²) in [5, 5.41) is 6.45. The van der Waals surface area contributed by atoms with Gasteiger partial charge in [0.25, 0.3) is 0 Å². The Morgan fingerprint density at radius 1 is 1.55 bits per heavy atom. The molecule has 1 saturated heterocycles. The van der Waals surface area contributed by atoms with Crippen LogP contribution in [0.5, 0.6) is 0 Å². The molecule has 11 heavy (non-hydrogen) atoms. The molecule has 1 fully saturated rings. The molecule has 2 heteroatoms. The maximum atomic E-state index is 3.36. The van der Waals surface area contributed by atoms with Crippen molar-refractivity contribution in [3.63, 3.8) is 0 Å². The summed E-state index contributed by atoms with van der Waals surface area (Å²) in [5.41, 5.74) is 0. The van der Waals surface area contributed by atoms with E-state index < -0.39 is 0 Å². The first-order valence-electron chi connectivity index (χ1n) is 4.44. The Labute approximate surface area is 69.1 Å². The van der Waals surface area contributed by atoms with E-state index in [9.17, 15) is 0 Å². The Morgan fingerprint density at radius 3 is 3.09 bits per heavy atom. The highest BCUT2D eigenvalue weighted by molar-refractivity contribution is 4.87. The number of rotatable bonds is 4. The first-order chi connectivity index (χ1) is 5.43. The molecule has 0 radical (unpaired) electrons. The van der Waals surface area contributed by atoms with Crippen LogP contribution in [-0.4, -0.2) is 26.7 Å². The zero-order valence-electron chi connectivity index (χ0n) is 7.27. The van der Waals surface area contributed by atoms with Gasteiger partial charge < -0.3 is 10.6 Å². The molecule has 0 aromatic heterocycles. The Kier molecular flexibility index (Phi) is 4.24. The summed E-state index contributed by atoms with van der Waals surface area (Å²) in [6.07, 6.45) is 7.09. The highest BCUT2D eigenvalue weighted by Gasteiger charge is 2.11. The third kappa shape index (κ3) is 3.54. The van der Waals surface area contributed by atoms with E-state index in [0.717, 1.165) is 12.5 Å². The highest BCUT2D eigenvalue weighted by Crippen LogP contribution is 2.11. The van der Waals surface area contributed by atoms with E-state index >= 15 is 0 Å². The average Bonchev–Trinajstić information content (AvgIpc) is 2.50. The van der Waals surface area contributed by atoms with Gasteiger partial charge in [-0.05, 0) is 38.9 Å². The van der Waals surface area contributed by atoms with Gasteiger partial charge in [0, 0.05) is 6.54 Å². The molecule has 0 aromatic rings. The second-order valence-corrected chi connectivity index (χ2v) is 3.12. The third-order valence-electron chi connectivity index (χ3n) is 2.12. The van der Waals surface area contributed by atoms with Gasteiger partial charge in [-0.3, -0.25) is 0 Å². The topological polar surface area (TPSA) is 24.1 Å². The normalized spacial score (nSPS) is 25.0. The van der Waals surface area contributed by atoms with Gasteiger partial charge in [0.2, 0.25) is 0 Å². The predicted molar refractivity (Wildman–Crippen MR) is 48.7 cm³/mol. The molecule has 1 aliphatic heterocycles. The molecule has 0 amide bonds. The van der Waals surface area contributed by atoms with Crippen LogP contribution in [0.1, 0.15) is 12.8 Å². The standard InChI is InChI=1S/C9H18N2/c1-10-6-3-2-4-9-5-7-11-8-9/h2-3,9-11H,4-8H2,1H3/b3-2-. The first-order valence-corrected chi connectivity index (χ1v) is 4.44. The molecular weight excluding hydrogens is 136 g/mol. The van der Waals surface area contributed by atoms with Gasteiger partial charge in [0.15, 0.2) is 0 Å². The highest BCUT2D eigenvalue weighted by atomic mass is 14.9. The monoisotopic (exact) mass is 154 g/mol. The van der Waals surface area contributed by atoms with Crippen LogP contribution < -0.4 is 10.6 Å². The number of allylic oxidation sites excluding steroid dienone is 1. The molecule has 0 aliphatic carbocycles. The Bertz CT molecular complexity index is 115. The Balaban J connectivity index is 2.01. The van der Waals surface area contributed by atoms with E-state index in [1.807, 2.05) is 7.05 Å².